The van der Waals surface area contributed by atoms with E-state index < -0.39 is 0 Å². The van der Waals surface area contributed by atoms with Crippen LogP contribution >= 0.6 is 34.5 Å². The molecule has 1 aromatic heterocycles. The number of thiazole rings is 1. The van der Waals surface area contributed by atoms with Crippen molar-refractivity contribution >= 4 is 40.4 Å². The van der Waals surface area contributed by atoms with Crippen LogP contribution in [0.2, 0.25) is 10.0 Å². The molecule has 3 rings (SSSR count). The van der Waals surface area contributed by atoms with Crippen molar-refractivity contribution in [3.63, 3.8) is 0 Å². The fraction of sp³-hybridized carbons (Fsp3) is 0.375. The fourth-order valence-corrected chi connectivity index (χ4v) is 3.41. The molecule has 2 aromatic rings. The van der Waals surface area contributed by atoms with Gasteiger partial charge in [0.15, 0.2) is 0 Å². The summed E-state index contributed by atoms with van der Waals surface area (Å²) < 4.78 is 5.34. The highest BCUT2D eigenvalue weighted by Gasteiger charge is 2.13. The van der Waals surface area contributed by atoms with Gasteiger partial charge in [-0.1, -0.05) is 23.2 Å². The van der Waals surface area contributed by atoms with Crippen LogP contribution in [-0.4, -0.2) is 42.1 Å². The average Bonchev–Trinajstić information content (AvgIpc) is 3.03. The summed E-state index contributed by atoms with van der Waals surface area (Å²) in [5.74, 6) is -0.196. The second-order valence-corrected chi connectivity index (χ2v) is 7.19. The van der Waals surface area contributed by atoms with Gasteiger partial charge in [-0.25, -0.2) is 4.98 Å². The molecule has 1 amide bonds. The number of ether oxygens (including phenoxy) is 1. The Hall–Kier alpha value is -1.18. The maximum absolute atomic E-state index is 12.1. The molecule has 0 saturated carbocycles. The van der Waals surface area contributed by atoms with Gasteiger partial charge < -0.3 is 10.1 Å². The first-order chi connectivity index (χ1) is 11.6. The second-order valence-electron chi connectivity index (χ2n) is 5.43. The first-order valence-corrected chi connectivity index (χ1v) is 9.22. The molecule has 1 N–H and O–H groups in total. The SMILES string of the molecule is O=C(NCc1nc(CN2CCOCC2)cs1)c1ccc(Cl)c(Cl)c1. The van der Waals surface area contributed by atoms with Crippen LogP contribution in [0.15, 0.2) is 23.6 Å². The lowest BCUT2D eigenvalue weighted by Crippen LogP contribution is -2.35. The number of carbonyl (C=O) groups is 1. The number of hydrogen-bond acceptors (Lipinski definition) is 5. The van der Waals surface area contributed by atoms with Crippen molar-refractivity contribution in [1.29, 1.82) is 0 Å². The lowest BCUT2D eigenvalue weighted by molar-refractivity contribution is 0.0337. The zero-order valence-electron chi connectivity index (χ0n) is 12.9. The fourth-order valence-electron chi connectivity index (χ4n) is 2.39. The number of hydrogen-bond donors (Lipinski definition) is 1. The van der Waals surface area contributed by atoms with Crippen molar-refractivity contribution in [1.82, 2.24) is 15.2 Å². The minimum atomic E-state index is -0.196. The van der Waals surface area contributed by atoms with Gasteiger partial charge in [0.2, 0.25) is 0 Å². The predicted molar refractivity (Wildman–Crippen MR) is 95.8 cm³/mol. The summed E-state index contributed by atoms with van der Waals surface area (Å²) >= 11 is 13.3. The molecule has 1 aromatic carbocycles. The average molecular weight is 386 g/mol. The highest BCUT2D eigenvalue weighted by Crippen LogP contribution is 2.22. The number of halogens is 2. The van der Waals surface area contributed by atoms with Crippen molar-refractivity contribution in [2.24, 2.45) is 0 Å². The number of carbonyl (C=O) groups excluding carboxylic acids is 1. The van der Waals surface area contributed by atoms with Gasteiger partial charge in [-0.15, -0.1) is 11.3 Å². The molecule has 0 radical (unpaired) electrons. The Morgan fingerprint density at radius 2 is 2.08 bits per heavy atom. The number of nitrogens with one attached hydrogen (secondary N) is 1. The molecule has 1 aliphatic rings. The van der Waals surface area contributed by atoms with Gasteiger partial charge in [0.25, 0.3) is 5.91 Å². The standard InChI is InChI=1S/C16H17Cl2N3O2S/c17-13-2-1-11(7-14(13)18)16(22)19-8-15-20-12(10-24-15)9-21-3-5-23-6-4-21/h1-2,7,10H,3-6,8-9H2,(H,19,22). The smallest absolute Gasteiger partial charge is 0.251 e. The van der Waals surface area contributed by atoms with E-state index in [1.807, 2.05) is 5.38 Å². The predicted octanol–water partition coefficient (Wildman–Crippen LogP) is 3.21. The Bertz CT molecular complexity index is 717. The summed E-state index contributed by atoms with van der Waals surface area (Å²) in [6.45, 7) is 4.63. The van der Waals surface area contributed by atoms with Gasteiger partial charge in [-0.2, -0.15) is 0 Å². The largest absolute Gasteiger partial charge is 0.379 e. The van der Waals surface area contributed by atoms with Crippen LogP contribution in [0.3, 0.4) is 0 Å². The van der Waals surface area contributed by atoms with Gasteiger partial charge in [-0.3, -0.25) is 9.69 Å². The Labute approximate surface area is 154 Å². The van der Waals surface area contributed by atoms with Crippen LogP contribution in [-0.2, 0) is 17.8 Å². The first kappa shape index (κ1) is 17.6. The van der Waals surface area contributed by atoms with Crippen LogP contribution in [0.4, 0.5) is 0 Å². The molecule has 1 saturated heterocycles. The normalized spacial score (nSPS) is 15.4. The van der Waals surface area contributed by atoms with Crippen LogP contribution in [0, 0.1) is 0 Å². The summed E-state index contributed by atoms with van der Waals surface area (Å²) in [6.07, 6.45) is 0. The molecule has 0 spiro atoms. The van der Waals surface area contributed by atoms with Gasteiger partial charge in [0, 0.05) is 30.6 Å². The van der Waals surface area contributed by atoms with Crippen LogP contribution in [0.5, 0.6) is 0 Å². The van der Waals surface area contributed by atoms with E-state index in [2.05, 4.69) is 15.2 Å². The van der Waals surface area contributed by atoms with E-state index in [0.717, 1.165) is 43.5 Å². The minimum Gasteiger partial charge on any atom is -0.379 e. The molecule has 0 unspecified atom stereocenters. The molecule has 24 heavy (non-hydrogen) atoms. The first-order valence-electron chi connectivity index (χ1n) is 7.58. The molecular weight excluding hydrogens is 369 g/mol. The molecule has 5 nitrogen and oxygen atoms in total. The van der Waals surface area contributed by atoms with Crippen molar-refractivity contribution < 1.29 is 9.53 Å². The lowest BCUT2D eigenvalue weighted by Gasteiger charge is -2.25. The van der Waals surface area contributed by atoms with Crippen LogP contribution < -0.4 is 5.32 Å². The molecule has 0 atom stereocenters. The third kappa shape index (κ3) is 4.68. The second kappa shape index (κ2) is 8.27. The third-order valence-electron chi connectivity index (χ3n) is 3.67. The maximum atomic E-state index is 12.1. The number of amides is 1. The van der Waals surface area contributed by atoms with E-state index >= 15 is 0 Å². The molecule has 2 heterocycles. The minimum absolute atomic E-state index is 0.196. The zero-order chi connectivity index (χ0) is 16.9. The van der Waals surface area contributed by atoms with Gasteiger partial charge in [0.05, 0.1) is 35.5 Å². The molecule has 1 fully saturated rings. The number of benzene rings is 1. The molecule has 8 heteroatoms. The Morgan fingerprint density at radius 3 is 2.83 bits per heavy atom. The van der Waals surface area contributed by atoms with Gasteiger partial charge in [0.1, 0.15) is 5.01 Å². The summed E-state index contributed by atoms with van der Waals surface area (Å²) in [4.78, 5) is 19.0. The van der Waals surface area contributed by atoms with Crippen LogP contribution in [0.25, 0.3) is 0 Å². The summed E-state index contributed by atoms with van der Waals surface area (Å²) in [6, 6.07) is 4.82. The molecule has 0 bridgehead atoms. The molecule has 1 aliphatic heterocycles. The highest BCUT2D eigenvalue weighted by atomic mass is 35.5. The van der Waals surface area contributed by atoms with E-state index in [9.17, 15) is 4.79 Å². The Kier molecular flexibility index (Phi) is 6.08. The van der Waals surface area contributed by atoms with Crippen molar-refractivity contribution in [3.8, 4) is 0 Å². The van der Waals surface area contributed by atoms with E-state index in [-0.39, 0.29) is 5.91 Å². The van der Waals surface area contributed by atoms with Gasteiger partial charge in [-0.05, 0) is 18.2 Å². The lowest BCUT2D eigenvalue weighted by atomic mass is 10.2. The molecule has 128 valence electrons. The number of nitrogens with zero attached hydrogens (tertiary/aromatic N) is 2. The quantitative estimate of drug-likeness (QED) is 0.858. The van der Waals surface area contributed by atoms with E-state index in [1.54, 1.807) is 29.5 Å². The third-order valence-corrected chi connectivity index (χ3v) is 5.31. The summed E-state index contributed by atoms with van der Waals surface area (Å²) in [5.41, 5.74) is 1.51. The monoisotopic (exact) mass is 385 g/mol. The van der Waals surface area contributed by atoms with E-state index in [4.69, 9.17) is 27.9 Å². The topological polar surface area (TPSA) is 54.5 Å². The van der Waals surface area contributed by atoms with Crippen molar-refractivity contribution in [3.05, 3.63) is 49.9 Å². The van der Waals surface area contributed by atoms with E-state index in [0.29, 0.717) is 22.2 Å². The summed E-state index contributed by atoms with van der Waals surface area (Å²) in [7, 11) is 0. The van der Waals surface area contributed by atoms with Crippen molar-refractivity contribution in [2.75, 3.05) is 26.3 Å². The Morgan fingerprint density at radius 1 is 1.29 bits per heavy atom. The number of aromatic nitrogens is 1. The maximum Gasteiger partial charge on any atom is 0.251 e. The molecular formula is C16H17Cl2N3O2S. The zero-order valence-corrected chi connectivity index (χ0v) is 15.3. The number of morpholine rings is 1. The van der Waals surface area contributed by atoms with Gasteiger partial charge >= 0.3 is 0 Å². The van der Waals surface area contributed by atoms with Crippen molar-refractivity contribution in [2.45, 2.75) is 13.1 Å². The van der Waals surface area contributed by atoms with E-state index in [1.165, 1.54) is 0 Å². The van der Waals surface area contributed by atoms with Crippen LogP contribution in [0.1, 0.15) is 21.1 Å². The number of rotatable bonds is 5. The Balaban J connectivity index is 1.52. The molecule has 0 aliphatic carbocycles. The highest BCUT2D eigenvalue weighted by molar-refractivity contribution is 7.09. The summed E-state index contributed by atoms with van der Waals surface area (Å²) in [5, 5.41) is 6.57.